The molecular formula is C8H8O3Y. The standard InChI is InChI=1S/C8H8O3.Y/c9-7(8(10)11)6-4-2-1-3-5-6;/h1-5,7,9H,(H,10,11);/t7-;/m1./s1. The van der Waals surface area contributed by atoms with Gasteiger partial charge in [-0.15, -0.1) is 0 Å². The SMILES string of the molecule is O=C(O)[C@H](O)c1ccccc1.[Y]. The van der Waals surface area contributed by atoms with Crippen molar-refractivity contribution in [3.05, 3.63) is 35.9 Å². The largest absolute Gasteiger partial charge is 0.479 e. The second-order valence-corrected chi connectivity index (χ2v) is 2.15. The minimum Gasteiger partial charge on any atom is -0.479 e. The summed E-state index contributed by atoms with van der Waals surface area (Å²) in [7, 11) is 0. The van der Waals surface area contributed by atoms with Gasteiger partial charge < -0.3 is 10.2 Å². The van der Waals surface area contributed by atoms with Crippen molar-refractivity contribution in [1.29, 1.82) is 0 Å². The summed E-state index contributed by atoms with van der Waals surface area (Å²) in [6.45, 7) is 0. The molecule has 0 aliphatic heterocycles. The number of carboxylic acid groups (broad SMARTS) is 1. The van der Waals surface area contributed by atoms with E-state index in [2.05, 4.69) is 0 Å². The van der Waals surface area contributed by atoms with Crippen molar-refractivity contribution in [3.8, 4) is 0 Å². The van der Waals surface area contributed by atoms with Crippen LogP contribution >= 0.6 is 0 Å². The average Bonchev–Trinajstić information content (AvgIpc) is 2.05. The van der Waals surface area contributed by atoms with Gasteiger partial charge in [-0.2, -0.15) is 0 Å². The molecule has 0 aliphatic carbocycles. The molecule has 1 atom stereocenters. The Morgan fingerprint density at radius 1 is 1.25 bits per heavy atom. The molecule has 2 N–H and O–H groups in total. The average molecular weight is 241 g/mol. The van der Waals surface area contributed by atoms with Gasteiger partial charge in [0.25, 0.3) is 0 Å². The molecule has 0 amide bonds. The molecule has 61 valence electrons. The van der Waals surface area contributed by atoms with E-state index in [1.807, 2.05) is 0 Å². The van der Waals surface area contributed by atoms with Gasteiger partial charge in [-0.3, -0.25) is 0 Å². The van der Waals surface area contributed by atoms with Gasteiger partial charge in [0, 0.05) is 32.7 Å². The molecule has 0 aromatic heterocycles. The molecule has 4 heteroatoms. The fraction of sp³-hybridized carbons (Fsp3) is 0.125. The van der Waals surface area contributed by atoms with Crippen LogP contribution in [-0.2, 0) is 37.5 Å². The summed E-state index contributed by atoms with van der Waals surface area (Å²) < 4.78 is 0. The Labute approximate surface area is 95.3 Å². The molecule has 0 saturated heterocycles. The number of aliphatic carboxylic acids is 1. The number of benzene rings is 1. The van der Waals surface area contributed by atoms with Crippen molar-refractivity contribution in [2.45, 2.75) is 6.10 Å². The van der Waals surface area contributed by atoms with Crippen LogP contribution in [0.2, 0.25) is 0 Å². The van der Waals surface area contributed by atoms with Crippen LogP contribution in [0.25, 0.3) is 0 Å². The second-order valence-electron chi connectivity index (χ2n) is 2.15. The summed E-state index contributed by atoms with van der Waals surface area (Å²) in [6, 6.07) is 8.26. The zero-order chi connectivity index (χ0) is 8.27. The van der Waals surface area contributed by atoms with Gasteiger partial charge in [0.05, 0.1) is 0 Å². The summed E-state index contributed by atoms with van der Waals surface area (Å²) >= 11 is 0. The van der Waals surface area contributed by atoms with Crippen LogP contribution in [-0.4, -0.2) is 16.2 Å². The first-order valence-electron chi connectivity index (χ1n) is 3.17. The van der Waals surface area contributed by atoms with Crippen molar-refractivity contribution >= 4 is 5.97 Å². The number of carboxylic acids is 1. The Balaban J connectivity index is 0.00000121. The third kappa shape index (κ3) is 3.01. The van der Waals surface area contributed by atoms with E-state index in [1.54, 1.807) is 30.3 Å². The van der Waals surface area contributed by atoms with E-state index in [-0.39, 0.29) is 32.7 Å². The molecule has 0 spiro atoms. The molecule has 0 aliphatic rings. The summed E-state index contributed by atoms with van der Waals surface area (Å²) in [5.74, 6) is -1.23. The molecular weight excluding hydrogens is 233 g/mol. The number of aliphatic hydroxyl groups excluding tert-OH is 1. The maximum Gasteiger partial charge on any atom is 0.337 e. The normalized spacial score (nSPS) is 11.4. The second kappa shape index (κ2) is 5.41. The van der Waals surface area contributed by atoms with Crippen molar-refractivity contribution in [2.75, 3.05) is 0 Å². The quantitative estimate of drug-likeness (QED) is 0.805. The molecule has 0 saturated carbocycles. The molecule has 0 heterocycles. The number of hydrogen-bond donors (Lipinski definition) is 2. The number of hydrogen-bond acceptors (Lipinski definition) is 2. The van der Waals surface area contributed by atoms with Crippen molar-refractivity contribution in [2.24, 2.45) is 0 Å². The van der Waals surface area contributed by atoms with Crippen LogP contribution in [0.15, 0.2) is 30.3 Å². The maximum absolute atomic E-state index is 10.2. The smallest absolute Gasteiger partial charge is 0.337 e. The molecule has 1 radical (unpaired) electrons. The molecule has 12 heavy (non-hydrogen) atoms. The predicted octanol–water partition coefficient (Wildman–Crippen LogP) is 0.802. The fourth-order valence-corrected chi connectivity index (χ4v) is 0.778. The van der Waals surface area contributed by atoms with Gasteiger partial charge in [-0.1, -0.05) is 30.3 Å². The van der Waals surface area contributed by atoms with Crippen molar-refractivity contribution in [3.63, 3.8) is 0 Å². The topological polar surface area (TPSA) is 57.5 Å². The molecule has 0 unspecified atom stereocenters. The third-order valence-electron chi connectivity index (χ3n) is 1.35. The van der Waals surface area contributed by atoms with Gasteiger partial charge in [0.2, 0.25) is 0 Å². The van der Waals surface area contributed by atoms with E-state index < -0.39 is 12.1 Å². The van der Waals surface area contributed by atoms with Crippen LogP contribution in [0.4, 0.5) is 0 Å². The van der Waals surface area contributed by atoms with Crippen molar-refractivity contribution < 1.29 is 47.7 Å². The van der Waals surface area contributed by atoms with Crippen LogP contribution in [0.5, 0.6) is 0 Å². The van der Waals surface area contributed by atoms with Gasteiger partial charge in [0.15, 0.2) is 6.10 Å². The van der Waals surface area contributed by atoms with Crippen LogP contribution in [0, 0.1) is 0 Å². The number of aliphatic hydroxyl groups is 1. The molecule has 3 nitrogen and oxygen atoms in total. The monoisotopic (exact) mass is 241 g/mol. The Hall–Kier alpha value is -0.246. The Morgan fingerprint density at radius 2 is 1.75 bits per heavy atom. The molecule has 1 aromatic carbocycles. The number of carbonyl (C=O) groups is 1. The summed E-state index contributed by atoms with van der Waals surface area (Å²) in [4.78, 5) is 10.2. The first kappa shape index (κ1) is 11.8. The Kier molecular flexibility index (Phi) is 5.30. The van der Waals surface area contributed by atoms with Gasteiger partial charge in [-0.05, 0) is 5.56 Å². The van der Waals surface area contributed by atoms with E-state index in [1.165, 1.54) is 0 Å². The third-order valence-corrected chi connectivity index (χ3v) is 1.35. The Bertz CT molecular complexity index is 248. The van der Waals surface area contributed by atoms with Gasteiger partial charge >= 0.3 is 5.97 Å². The van der Waals surface area contributed by atoms with Crippen LogP contribution < -0.4 is 0 Å². The minimum absolute atomic E-state index is 0. The molecule has 1 aromatic rings. The first-order valence-corrected chi connectivity index (χ1v) is 3.17. The van der Waals surface area contributed by atoms with E-state index in [0.717, 1.165) is 0 Å². The van der Waals surface area contributed by atoms with Crippen LogP contribution in [0.3, 0.4) is 0 Å². The van der Waals surface area contributed by atoms with E-state index in [9.17, 15) is 4.79 Å². The maximum atomic E-state index is 10.2. The van der Waals surface area contributed by atoms with E-state index in [0.29, 0.717) is 5.56 Å². The molecule has 0 fully saturated rings. The van der Waals surface area contributed by atoms with Crippen LogP contribution in [0.1, 0.15) is 11.7 Å². The molecule has 0 bridgehead atoms. The van der Waals surface area contributed by atoms with E-state index in [4.69, 9.17) is 10.2 Å². The van der Waals surface area contributed by atoms with Gasteiger partial charge in [-0.25, -0.2) is 4.79 Å². The summed E-state index contributed by atoms with van der Waals surface area (Å²) in [5, 5.41) is 17.4. The summed E-state index contributed by atoms with van der Waals surface area (Å²) in [5.41, 5.74) is 0.403. The fourth-order valence-electron chi connectivity index (χ4n) is 0.778. The zero-order valence-electron chi connectivity index (χ0n) is 6.34. The van der Waals surface area contributed by atoms with Gasteiger partial charge in [0.1, 0.15) is 0 Å². The zero-order valence-corrected chi connectivity index (χ0v) is 9.18. The first-order chi connectivity index (χ1) is 5.22. The molecule has 1 rings (SSSR count). The van der Waals surface area contributed by atoms with E-state index >= 15 is 0 Å². The number of rotatable bonds is 2. The van der Waals surface area contributed by atoms with Crippen molar-refractivity contribution in [1.82, 2.24) is 0 Å². The predicted molar refractivity (Wildman–Crippen MR) is 39.0 cm³/mol. The summed E-state index contributed by atoms with van der Waals surface area (Å²) in [6.07, 6.45) is -1.41. The Morgan fingerprint density at radius 3 is 2.17 bits per heavy atom. The minimum atomic E-state index is -1.41.